The first-order valence-electron chi connectivity index (χ1n) is 7.58. The third-order valence-electron chi connectivity index (χ3n) is 4.35. The number of anilines is 1. The zero-order valence-electron chi connectivity index (χ0n) is 12.4. The van der Waals surface area contributed by atoms with Crippen LogP contribution in [0.1, 0.15) is 30.1 Å². The third kappa shape index (κ3) is 2.74. The Kier molecular flexibility index (Phi) is 3.84. The highest BCUT2D eigenvalue weighted by molar-refractivity contribution is 6.07. The molecule has 112 valence electrons. The van der Waals surface area contributed by atoms with Crippen LogP contribution in [0.15, 0.2) is 24.4 Å². The van der Waals surface area contributed by atoms with Crippen molar-refractivity contribution in [1.29, 1.82) is 0 Å². The van der Waals surface area contributed by atoms with Gasteiger partial charge in [-0.05, 0) is 44.1 Å². The molecule has 0 aliphatic carbocycles. The number of aromatic amines is 1. The Labute approximate surface area is 124 Å². The first-order chi connectivity index (χ1) is 10.2. The molecular weight excluding hydrogens is 264 g/mol. The number of carbonyl (C=O) groups is 1. The summed E-state index contributed by atoms with van der Waals surface area (Å²) in [5.74, 6) is -0.0326. The summed E-state index contributed by atoms with van der Waals surface area (Å²) in [6.07, 6.45) is 4.14. The second kappa shape index (κ2) is 5.77. The van der Waals surface area contributed by atoms with Gasteiger partial charge in [-0.3, -0.25) is 9.69 Å². The molecule has 3 rings (SSSR count). The summed E-state index contributed by atoms with van der Waals surface area (Å²) < 4.78 is 0. The van der Waals surface area contributed by atoms with Crippen LogP contribution in [0, 0.1) is 0 Å². The lowest BCUT2D eigenvalue weighted by Gasteiger charge is -2.22. The number of hydrogen-bond acceptors (Lipinski definition) is 3. The highest BCUT2D eigenvalue weighted by Gasteiger charge is 2.23. The first kappa shape index (κ1) is 13.9. The van der Waals surface area contributed by atoms with Crippen LogP contribution in [0.4, 0.5) is 5.69 Å². The zero-order valence-corrected chi connectivity index (χ0v) is 12.4. The Morgan fingerprint density at radius 3 is 3.19 bits per heavy atom. The Hall–Kier alpha value is -2.01. The van der Waals surface area contributed by atoms with Gasteiger partial charge in [-0.2, -0.15) is 0 Å². The molecule has 1 aliphatic heterocycles. The van der Waals surface area contributed by atoms with E-state index in [1.165, 1.54) is 6.42 Å². The number of likely N-dealkylation sites (N-methyl/N-ethyl adjacent to an activating group) is 1. The number of benzene rings is 1. The van der Waals surface area contributed by atoms with Crippen molar-refractivity contribution in [1.82, 2.24) is 15.2 Å². The molecule has 1 saturated heterocycles. The smallest absolute Gasteiger partial charge is 0.253 e. The predicted molar refractivity (Wildman–Crippen MR) is 85.3 cm³/mol. The number of rotatable bonds is 4. The molecule has 4 N–H and O–H groups in total. The highest BCUT2D eigenvalue weighted by atomic mass is 16.1. The normalized spacial score (nSPS) is 19.2. The standard InChI is InChI=1S/C16H22N4O/c1-2-20-7-3-4-12(20)9-19-16(21)14-10-18-15-6-5-11(17)8-13(14)15/h5-6,8,10,12,18H,2-4,7,9,17H2,1H3,(H,19,21). The number of fused-ring (bicyclic) bond motifs is 1. The number of likely N-dealkylation sites (tertiary alicyclic amines) is 1. The number of H-pyrrole nitrogens is 1. The molecule has 1 aromatic carbocycles. The molecule has 1 fully saturated rings. The van der Waals surface area contributed by atoms with Gasteiger partial charge < -0.3 is 16.0 Å². The second-order valence-corrected chi connectivity index (χ2v) is 5.64. The zero-order chi connectivity index (χ0) is 14.8. The van der Waals surface area contributed by atoms with Crippen molar-refractivity contribution in [3.8, 4) is 0 Å². The lowest BCUT2D eigenvalue weighted by atomic mass is 10.1. The quantitative estimate of drug-likeness (QED) is 0.752. The average Bonchev–Trinajstić information content (AvgIpc) is 3.10. The van der Waals surface area contributed by atoms with Crippen LogP contribution in [-0.2, 0) is 0 Å². The number of carbonyl (C=O) groups excluding carboxylic acids is 1. The van der Waals surface area contributed by atoms with Gasteiger partial charge >= 0.3 is 0 Å². The Balaban J connectivity index is 1.71. The highest BCUT2D eigenvalue weighted by Crippen LogP contribution is 2.21. The second-order valence-electron chi connectivity index (χ2n) is 5.64. The molecule has 1 aromatic heterocycles. The van der Waals surface area contributed by atoms with E-state index in [9.17, 15) is 4.79 Å². The number of amides is 1. The summed E-state index contributed by atoms with van der Waals surface area (Å²) in [5.41, 5.74) is 8.08. The van der Waals surface area contributed by atoms with Crippen LogP contribution in [0.3, 0.4) is 0 Å². The first-order valence-corrected chi connectivity index (χ1v) is 7.58. The molecular formula is C16H22N4O. The van der Waals surface area contributed by atoms with E-state index in [-0.39, 0.29) is 5.91 Å². The van der Waals surface area contributed by atoms with Crippen LogP contribution < -0.4 is 11.1 Å². The maximum Gasteiger partial charge on any atom is 0.253 e. The minimum atomic E-state index is -0.0326. The number of aromatic nitrogens is 1. The predicted octanol–water partition coefficient (Wildman–Crippen LogP) is 1.96. The summed E-state index contributed by atoms with van der Waals surface area (Å²) in [7, 11) is 0. The Bertz CT molecular complexity index is 649. The van der Waals surface area contributed by atoms with Gasteiger partial charge in [0.1, 0.15) is 0 Å². The van der Waals surface area contributed by atoms with Gasteiger partial charge in [0.05, 0.1) is 5.56 Å². The Morgan fingerprint density at radius 1 is 1.52 bits per heavy atom. The van der Waals surface area contributed by atoms with Gasteiger partial charge in [0.15, 0.2) is 0 Å². The van der Waals surface area contributed by atoms with Gasteiger partial charge in [-0.15, -0.1) is 0 Å². The maximum absolute atomic E-state index is 12.4. The van der Waals surface area contributed by atoms with Gasteiger partial charge in [0, 0.05) is 35.4 Å². The van der Waals surface area contributed by atoms with Crippen LogP contribution in [0.25, 0.3) is 10.9 Å². The molecule has 0 bridgehead atoms. The topological polar surface area (TPSA) is 74.2 Å². The molecule has 21 heavy (non-hydrogen) atoms. The van der Waals surface area contributed by atoms with Crippen molar-refractivity contribution in [3.63, 3.8) is 0 Å². The summed E-state index contributed by atoms with van der Waals surface area (Å²) in [6.45, 7) is 5.06. The molecule has 0 radical (unpaired) electrons. The van der Waals surface area contributed by atoms with Crippen molar-refractivity contribution < 1.29 is 4.79 Å². The number of nitrogens with two attached hydrogens (primary N) is 1. The lowest BCUT2D eigenvalue weighted by Crippen LogP contribution is -2.39. The van der Waals surface area contributed by atoms with Crippen LogP contribution in [0.2, 0.25) is 0 Å². The molecule has 1 atom stereocenters. The Morgan fingerprint density at radius 2 is 2.38 bits per heavy atom. The van der Waals surface area contributed by atoms with E-state index >= 15 is 0 Å². The summed E-state index contributed by atoms with van der Waals surface area (Å²) in [5, 5.41) is 3.94. The van der Waals surface area contributed by atoms with Crippen LogP contribution in [0.5, 0.6) is 0 Å². The van der Waals surface area contributed by atoms with Gasteiger partial charge in [0.25, 0.3) is 5.91 Å². The van der Waals surface area contributed by atoms with E-state index < -0.39 is 0 Å². The van der Waals surface area contributed by atoms with Gasteiger partial charge in [-0.1, -0.05) is 6.92 Å². The molecule has 1 amide bonds. The monoisotopic (exact) mass is 286 g/mol. The number of nitrogens with zero attached hydrogens (tertiary/aromatic N) is 1. The maximum atomic E-state index is 12.4. The van der Waals surface area contributed by atoms with Crippen LogP contribution in [-0.4, -0.2) is 41.5 Å². The molecule has 2 aromatic rings. The van der Waals surface area contributed by atoms with Crippen molar-refractivity contribution in [3.05, 3.63) is 30.0 Å². The molecule has 2 heterocycles. The SMILES string of the molecule is CCN1CCCC1CNC(=O)c1c[nH]c2ccc(N)cc12. The molecule has 0 saturated carbocycles. The van der Waals surface area contributed by atoms with E-state index in [1.54, 1.807) is 6.20 Å². The molecule has 5 heteroatoms. The van der Waals surface area contributed by atoms with Crippen molar-refractivity contribution in [2.75, 3.05) is 25.4 Å². The van der Waals surface area contributed by atoms with Crippen molar-refractivity contribution in [2.45, 2.75) is 25.8 Å². The largest absolute Gasteiger partial charge is 0.399 e. The van der Waals surface area contributed by atoms with E-state index in [1.807, 2.05) is 18.2 Å². The minimum Gasteiger partial charge on any atom is -0.399 e. The average molecular weight is 286 g/mol. The van der Waals surface area contributed by atoms with E-state index in [2.05, 4.69) is 22.1 Å². The lowest BCUT2D eigenvalue weighted by molar-refractivity contribution is 0.0943. The fraction of sp³-hybridized carbons (Fsp3) is 0.438. The van der Waals surface area contributed by atoms with E-state index in [0.29, 0.717) is 23.8 Å². The van der Waals surface area contributed by atoms with Crippen LogP contribution >= 0.6 is 0 Å². The van der Waals surface area contributed by atoms with E-state index in [4.69, 9.17) is 5.73 Å². The fourth-order valence-corrected chi connectivity index (χ4v) is 3.17. The third-order valence-corrected chi connectivity index (χ3v) is 4.35. The molecule has 0 spiro atoms. The van der Waals surface area contributed by atoms with Gasteiger partial charge in [-0.25, -0.2) is 0 Å². The number of hydrogen-bond donors (Lipinski definition) is 3. The summed E-state index contributed by atoms with van der Waals surface area (Å²) >= 11 is 0. The molecule has 1 aliphatic rings. The number of nitrogens with one attached hydrogen (secondary N) is 2. The molecule has 1 unspecified atom stereocenters. The summed E-state index contributed by atoms with van der Waals surface area (Å²) in [6, 6.07) is 6.04. The minimum absolute atomic E-state index is 0.0326. The van der Waals surface area contributed by atoms with Gasteiger partial charge in [0.2, 0.25) is 0 Å². The number of nitrogen functional groups attached to an aromatic ring is 1. The fourth-order valence-electron chi connectivity index (χ4n) is 3.17. The molecule has 5 nitrogen and oxygen atoms in total. The van der Waals surface area contributed by atoms with Crippen molar-refractivity contribution in [2.24, 2.45) is 0 Å². The van der Waals surface area contributed by atoms with Crippen molar-refractivity contribution >= 4 is 22.5 Å². The van der Waals surface area contributed by atoms with E-state index in [0.717, 1.165) is 30.4 Å². The summed E-state index contributed by atoms with van der Waals surface area (Å²) in [4.78, 5) is 17.9.